The minimum atomic E-state index is 0.160. The Morgan fingerprint density at radius 2 is 2.25 bits per heavy atom. The summed E-state index contributed by atoms with van der Waals surface area (Å²) in [7, 11) is 1.74. The molecule has 16 heavy (non-hydrogen) atoms. The van der Waals surface area contributed by atoms with E-state index in [4.69, 9.17) is 4.74 Å². The molecule has 1 heterocycles. The van der Waals surface area contributed by atoms with Crippen molar-refractivity contribution in [1.82, 2.24) is 5.32 Å². The second-order valence-electron chi connectivity index (χ2n) is 4.35. The summed E-state index contributed by atoms with van der Waals surface area (Å²) in [5, 5.41) is 3.60. The zero-order valence-electron chi connectivity index (χ0n) is 9.95. The lowest BCUT2D eigenvalue weighted by Gasteiger charge is -2.34. The van der Waals surface area contributed by atoms with Gasteiger partial charge >= 0.3 is 0 Å². The molecule has 1 N–H and O–H groups in total. The molecule has 1 unspecified atom stereocenters. The molecule has 3 heteroatoms. The lowest BCUT2D eigenvalue weighted by molar-refractivity contribution is 0.402. The molecule has 1 aromatic carbocycles. The minimum absolute atomic E-state index is 0.160. The summed E-state index contributed by atoms with van der Waals surface area (Å²) in [6, 6.07) is 8.29. The van der Waals surface area contributed by atoms with Crippen LogP contribution in [0, 0.1) is 0 Å². The van der Waals surface area contributed by atoms with E-state index in [0.717, 1.165) is 18.7 Å². The van der Waals surface area contributed by atoms with Gasteiger partial charge in [0, 0.05) is 6.42 Å². The number of thioether (sulfide) groups is 1. The molecule has 2 nitrogen and oxygen atoms in total. The summed E-state index contributed by atoms with van der Waals surface area (Å²) in [5.41, 5.74) is 1.29. The molecule has 2 rings (SSSR count). The maximum Gasteiger partial charge on any atom is 0.122 e. The van der Waals surface area contributed by atoms with Crippen molar-refractivity contribution >= 4 is 11.8 Å². The van der Waals surface area contributed by atoms with Crippen LogP contribution in [0.5, 0.6) is 5.75 Å². The number of benzene rings is 1. The lowest BCUT2D eigenvalue weighted by Crippen LogP contribution is -2.45. The van der Waals surface area contributed by atoms with Gasteiger partial charge in [-0.1, -0.05) is 18.2 Å². The second kappa shape index (κ2) is 5.11. The molecule has 1 aromatic rings. The molecule has 1 aliphatic rings. The van der Waals surface area contributed by atoms with E-state index in [9.17, 15) is 0 Å². The minimum Gasteiger partial charge on any atom is -0.496 e. The van der Waals surface area contributed by atoms with Crippen LogP contribution >= 0.6 is 11.8 Å². The van der Waals surface area contributed by atoms with Gasteiger partial charge in [-0.05, 0) is 37.3 Å². The molecule has 0 saturated carbocycles. The van der Waals surface area contributed by atoms with Gasteiger partial charge in [-0.25, -0.2) is 0 Å². The Kier molecular flexibility index (Phi) is 3.77. The van der Waals surface area contributed by atoms with Crippen molar-refractivity contribution < 1.29 is 4.74 Å². The molecule has 1 saturated heterocycles. The first-order valence-corrected chi connectivity index (χ1v) is 6.73. The van der Waals surface area contributed by atoms with Gasteiger partial charge in [0.05, 0.1) is 12.0 Å². The third-order valence-corrected chi connectivity index (χ3v) is 4.38. The van der Waals surface area contributed by atoms with Gasteiger partial charge in [0.25, 0.3) is 0 Å². The van der Waals surface area contributed by atoms with Crippen LogP contribution in [0.15, 0.2) is 24.3 Å². The van der Waals surface area contributed by atoms with Crippen molar-refractivity contribution in [1.29, 1.82) is 0 Å². The van der Waals surface area contributed by atoms with E-state index in [0.29, 0.717) is 0 Å². The first-order chi connectivity index (χ1) is 7.73. The van der Waals surface area contributed by atoms with Gasteiger partial charge in [0.2, 0.25) is 0 Å². The highest BCUT2D eigenvalue weighted by atomic mass is 32.2. The Hall–Kier alpha value is -0.670. The topological polar surface area (TPSA) is 21.3 Å². The van der Waals surface area contributed by atoms with E-state index in [1.165, 1.54) is 17.7 Å². The maximum atomic E-state index is 5.39. The predicted molar refractivity (Wildman–Crippen MR) is 70.2 cm³/mol. The van der Waals surface area contributed by atoms with Crippen LogP contribution in [-0.4, -0.2) is 24.3 Å². The molecular formula is C13H19NOS. The molecule has 1 aliphatic heterocycles. The zero-order valence-corrected chi connectivity index (χ0v) is 10.8. The van der Waals surface area contributed by atoms with Crippen LogP contribution in [0.3, 0.4) is 0 Å². The average molecular weight is 237 g/mol. The molecule has 0 aliphatic carbocycles. The third kappa shape index (κ3) is 2.71. The van der Waals surface area contributed by atoms with Gasteiger partial charge in [-0.15, -0.1) is 11.8 Å². The molecule has 0 amide bonds. The van der Waals surface area contributed by atoms with Crippen LogP contribution in [0.1, 0.15) is 18.9 Å². The standard InChI is InChI=1S/C13H19NOS/c1-13(14-8-5-9-16-13)10-11-6-3-4-7-12(11)15-2/h3-4,6-7,14H,5,8-10H2,1-2H3. The SMILES string of the molecule is COc1ccccc1CC1(C)NCCCS1. The van der Waals surface area contributed by atoms with Crippen LogP contribution in [0.25, 0.3) is 0 Å². The largest absolute Gasteiger partial charge is 0.496 e. The number of hydrogen-bond acceptors (Lipinski definition) is 3. The van der Waals surface area contributed by atoms with E-state index in [-0.39, 0.29) is 4.87 Å². The fourth-order valence-electron chi connectivity index (χ4n) is 2.10. The molecule has 0 radical (unpaired) electrons. The van der Waals surface area contributed by atoms with Crippen molar-refractivity contribution in [2.45, 2.75) is 24.6 Å². The van der Waals surface area contributed by atoms with Gasteiger partial charge in [0.1, 0.15) is 5.75 Å². The Labute approximate surface area is 102 Å². The first kappa shape index (κ1) is 11.8. The van der Waals surface area contributed by atoms with Crippen LogP contribution in [0.2, 0.25) is 0 Å². The van der Waals surface area contributed by atoms with E-state index in [1.54, 1.807) is 7.11 Å². The number of ether oxygens (including phenoxy) is 1. The average Bonchev–Trinajstić information content (AvgIpc) is 2.30. The molecule has 0 bridgehead atoms. The van der Waals surface area contributed by atoms with Gasteiger partial charge in [-0.3, -0.25) is 0 Å². The second-order valence-corrected chi connectivity index (χ2v) is 5.95. The highest BCUT2D eigenvalue weighted by molar-refractivity contribution is 8.00. The highest BCUT2D eigenvalue weighted by Crippen LogP contribution is 2.32. The van der Waals surface area contributed by atoms with Gasteiger partial charge in [-0.2, -0.15) is 0 Å². The van der Waals surface area contributed by atoms with Crippen molar-refractivity contribution in [3.05, 3.63) is 29.8 Å². The smallest absolute Gasteiger partial charge is 0.122 e. The number of rotatable bonds is 3. The van der Waals surface area contributed by atoms with Crippen molar-refractivity contribution in [2.75, 3.05) is 19.4 Å². The van der Waals surface area contributed by atoms with E-state index in [1.807, 2.05) is 23.9 Å². The van der Waals surface area contributed by atoms with Crippen LogP contribution < -0.4 is 10.1 Å². The fraction of sp³-hybridized carbons (Fsp3) is 0.538. The molecule has 88 valence electrons. The van der Waals surface area contributed by atoms with E-state index in [2.05, 4.69) is 24.4 Å². The lowest BCUT2D eigenvalue weighted by atomic mass is 10.1. The summed E-state index contributed by atoms with van der Waals surface area (Å²) in [6.45, 7) is 3.40. The number of para-hydroxylation sites is 1. The highest BCUT2D eigenvalue weighted by Gasteiger charge is 2.28. The summed E-state index contributed by atoms with van der Waals surface area (Å²) in [4.78, 5) is 0.160. The van der Waals surface area contributed by atoms with Crippen LogP contribution in [-0.2, 0) is 6.42 Å². The summed E-state index contributed by atoms with van der Waals surface area (Å²) >= 11 is 2.01. The van der Waals surface area contributed by atoms with Crippen molar-refractivity contribution in [3.8, 4) is 5.75 Å². The Bertz CT molecular complexity index is 348. The van der Waals surface area contributed by atoms with Crippen molar-refractivity contribution in [3.63, 3.8) is 0 Å². The number of hydrogen-bond donors (Lipinski definition) is 1. The Morgan fingerprint density at radius 3 is 2.94 bits per heavy atom. The van der Waals surface area contributed by atoms with Gasteiger partial charge in [0.15, 0.2) is 0 Å². The van der Waals surface area contributed by atoms with Gasteiger partial charge < -0.3 is 10.1 Å². The van der Waals surface area contributed by atoms with E-state index >= 15 is 0 Å². The summed E-state index contributed by atoms with van der Waals surface area (Å²) in [6.07, 6.45) is 2.29. The molecule has 0 spiro atoms. The normalized spacial score (nSPS) is 25.4. The predicted octanol–water partition coefficient (Wildman–Crippen LogP) is 2.68. The summed E-state index contributed by atoms with van der Waals surface area (Å²) in [5.74, 6) is 2.25. The van der Waals surface area contributed by atoms with Crippen molar-refractivity contribution in [2.24, 2.45) is 0 Å². The maximum absolute atomic E-state index is 5.39. The quantitative estimate of drug-likeness (QED) is 0.873. The fourth-order valence-corrected chi connectivity index (χ4v) is 3.30. The third-order valence-electron chi connectivity index (χ3n) is 2.96. The monoisotopic (exact) mass is 237 g/mol. The first-order valence-electron chi connectivity index (χ1n) is 5.74. The molecule has 0 aromatic heterocycles. The Balaban J connectivity index is 2.12. The molecule has 1 fully saturated rings. The zero-order chi connectivity index (χ0) is 11.4. The Morgan fingerprint density at radius 1 is 1.44 bits per heavy atom. The van der Waals surface area contributed by atoms with Crippen LogP contribution in [0.4, 0.5) is 0 Å². The molecular weight excluding hydrogens is 218 g/mol. The number of methoxy groups -OCH3 is 1. The number of nitrogens with one attached hydrogen (secondary N) is 1. The molecule has 1 atom stereocenters. The van der Waals surface area contributed by atoms with E-state index < -0.39 is 0 Å². The summed E-state index contributed by atoms with van der Waals surface area (Å²) < 4.78 is 5.39.